The minimum absolute atomic E-state index is 0.00404. The third kappa shape index (κ3) is 2.83. The fraction of sp³-hybridized carbons (Fsp3) is 0.333. The number of hydrogen-bond donors (Lipinski definition) is 1. The van der Waals surface area contributed by atoms with Crippen LogP contribution in [0.5, 0.6) is 0 Å². The molecule has 136 valence electrons. The van der Waals surface area contributed by atoms with Crippen molar-refractivity contribution in [2.24, 2.45) is 0 Å². The number of para-hydroxylation sites is 1. The van der Waals surface area contributed by atoms with E-state index >= 15 is 0 Å². The number of nitrogens with one attached hydrogen (secondary N) is 1. The smallest absolute Gasteiger partial charge is 0.255 e. The number of benzene rings is 1. The lowest BCUT2D eigenvalue weighted by atomic mass is 9.86. The Kier molecular flexibility index (Phi) is 4.73. The number of aromatic nitrogens is 1. The SMILES string of the molecule is O=C1N(c2ncc(Cl)cc2Cl)CN(c2ccccc2Cl)C12CCNCC2. The van der Waals surface area contributed by atoms with Crippen molar-refractivity contribution in [2.75, 3.05) is 29.6 Å². The molecule has 0 atom stereocenters. The number of carbonyl (C=O) groups is 1. The molecule has 2 saturated heterocycles. The summed E-state index contributed by atoms with van der Waals surface area (Å²) < 4.78 is 0. The zero-order valence-corrected chi connectivity index (χ0v) is 16.2. The van der Waals surface area contributed by atoms with Gasteiger partial charge >= 0.3 is 0 Å². The normalized spacial score (nSPS) is 19.4. The van der Waals surface area contributed by atoms with E-state index in [0.717, 1.165) is 18.8 Å². The summed E-state index contributed by atoms with van der Waals surface area (Å²) in [5.74, 6) is 0.421. The molecule has 3 heterocycles. The van der Waals surface area contributed by atoms with Gasteiger partial charge in [0.2, 0.25) is 0 Å². The van der Waals surface area contributed by atoms with Crippen molar-refractivity contribution in [1.29, 1.82) is 0 Å². The summed E-state index contributed by atoms with van der Waals surface area (Å²) in [4.78, 5) is 21.5. The molecule has 2 fully saturated rings. The first kappa shape index (κ1) is 17.9. The lowest BCUT2D eigenvalue weighted by molar-refractivity contribution is -0.122. The monoisotopic (exact) mass is 410 g/mol. The lowest BCUT2D eigenvalue weighted by Gasteiger charge is -2.40. The van der Waals surface area contributed by atoms with Gasteiger partial charge < -0.3 is 10.2 Å². The van der Waals surface area contributed by atoms with Crippen LogP contribution in [-0.4, -0.2) is 36.2 Å². The van der Waals surface area contributed by atoms with Gasteiger partial charge in [0.15, 0.2) is 5.82 Å². The molecule has 5 nitrogen and oxygen atoms in total. The van der Waals surface area contributed by atoms with E-state index in [4.69, 9.17) is 34.8 Å². The van der Waals surface area contributed by atoms with Crippen LogP contribution in [0.1, 0.15) is 12.8 Å². The van der Waals surface area contributed by atoms with E-state index in [1.54, 1.807) is 11.0 Å². The number of hydrogen-bond acceptors (Lipinski definition) is 4. The topological polar surface area (TPSA) is 48.5 Å². The Morgan fingerprint density at radius 2 is 1.81 bits per heavy atom. The summed E-state index contributed by atoms with van der Waals surface area (Å²) in [7, 11) is 0. The van der Waals surface area contributed by atoms with Crippen LogP contribution < -0.4 is 15.1 Å². The second-order valence-corrected chi connectivity index (χ2v) is 7.75. The summed E-state index contributed by atoms with van der Waals surface area (Å²) in [5, 5.41) is 4.74. The highest BCUT2D eigenvalue weighted by Crippen LogP contribution is 2.43. The molecule has 2 aliphatic heterocycles. The van der Waals surface area contributed by atoms with E-state index in [-0.39, 0.29) is 5.91 Å². The average molecular weight is 412 g/mol. The molecular weight excluding hydrogens is 395 g/mol. The summed E-state index contributed by atoms with van der Waals surface area (Å²) in [6.45, 7) is 1.88. The summed E-state index contributed by atoms with van der Waals surface area (Å²) in [6.07, 6.45) is 2.89. The average Bonchev–Trinajstić information content (AvgIpc) is 2.89. The van der Waals surface area contributed by atoms with Gasteiger partial charge in [-0.1, -0.05) is 46.9 Å². The van der Waals surface area contributed by atoms with Gasteiger partial charge in [0.1, 0.15) is 12.2 Å². The summed E-state index contributed by atoms with van der Waals surface area (Å²) in [5.41, 5.74) is 0.193. The number of carbonyl (C=O) groups excluding carboxylic acids is 1. The molecule has 8 heteroatoms. The minimum Gasteiger partial charge on any atom is -0.337 e. The van der Waals surface area contributed by atoms with Crippen molar-refractivity contribution in [2.45, 2.75) is 18.4 Å². The van der Waals surface area contributed by atoms with Gasteiger partial charge in [0.25, 0.3) is 5.91 Å². The van der Waals surface area contributed by atoms with Gasteiger partial charge in [0, 0.05) is 6.20 Å². The van der Waals surface area contributed by atoms with Crippen LogP contribution in [0.2, 0.25) is 15.1 Å². The molecule has 0 aliphatic carbocycles. The van der Waals surface area contributed by atoms with Gasteiger partial charge in [-0.05, 0) is 44.1 Å². The molecule has 1 amide bonds. The van der Waals surface area contributed by atoms with Crippen molar-refractivity contribution in [1.82, 2.24) is 10.3 Å². The van der Waals surface area contributed by atoms with E-state index in [9.17, 15) is 4.79 Å². The standard InChI is InChI=1S/C18H17Cl3N4O/c19-12-9-14(21)16(23-10-12)24-11-25(15-4-2-1-3-13(15)20)18(17(24)26)5-7-22-8-6-18/h1-4,9-10,22H,5-8,11H2. The van der Waals surface area contributed by atoms with E-state index in [1.165, 1.54) is 6.20 Å². The van der Waals surface area contributed by atoms with Crippen LogP contribution in [-0.2, 0) is 4.79 Å². The van der Waals surface area contributed by atoms with Crippen LogP contribution in [0, 0.1) is 0 Å². The second kappa shape index (κ2) is 6.89. The maximum Gasteiger partial charge on any atom is 0.255 e. The van der Waals surface area contributed by atoms with E-state index in [0.29, 0.717) is 40.4 Å². The Morgan fingerprint density at radius 3 is 2.50 bits per heavy atom. The van der Waals surface area contributed by atoms with Crippen molar-refractivity contribution in [3.8, 4) is 0 Å². The molecule has 0 unspecified atom stereocenters. The fourth-order valence-corrected chi connectivity index (χ4v) is 4.50. The Hall–Kier alpha value is -1.53. The van der Waals surface area contributed by atoms with Crippen LogP contribution in [0.3, 0.4) is 0 Å². The van der Waals surface area contributed by atoms with Crippen LogP contribution in [0.4, 0.5) is 11.5 Å². The van der Waals surface area contributed by atoms with Gasteiger partial charge in [-0.2, -0.15) is 0 Å². The first-order chi connectivity index (χ1) is 12.5. The third-order valence-corrected chi connectivity index (χ3v) is 5.87. The number of pyridine rings is 1. The predicted molar refractivity (Wildman–Crippen MR) is 105 cm³/mol. The number of piperidine rings is 1. The molecule has 1 spiro atoms. The fourth-order valence-electron chi connectivity index (χ4n) is 3.78. The van der Waals surface area contributed by atoms with Crippen molar-refractivity contribution < 1.29 is 4.79 Å². The zero-order chi connectivity index (χ0) is 18.3. The maximum atomic E-state index is 13.5. The Balaban J connectivity index is 1.80. The molecule has 0 bridgehead atoms. The molecule has 1 aromatic heterocycles. The molecule has 1 aromatic carbocycles. The maximum absolute atomic E-state index is 13.5. The largest absolute Gasteiger partial charge is 0.337 e. The number of anilines is 2. The van der Waals surface area contributed by atoms with E-state index < -0.39 is 5.54 Å². The first-order valence-electron chi connectivity index (χ1n) is 8.39. The van der Waals surface area contributed by atoms with Crippen LogP contribution >= 0.6 is 34.8 Å². The van der Waals surface area contributed by atoms with E-state index in [2.05, 4.69) is 15.2 Å². The Bertz CT molecular complexity index is 854. The lowest BCUT2D eigenvalue weighted by Crippen LogP contribution is -2.55. The number of amides is 1. The molecule has 2 aromatic rings. The molecular formula is C18H17Cl3N4O. The molecule has 0 saturated carbocycles. The Morgan fingerprint density at radius 1 is 1.08 bits per heavy atom. The Labute approximate surface area is 166 Å². The number of rotatable bonds is 2. The van der Waals surface area contributed by atoms with E-state index in [1.807, 2.05) is 24.3 Å². The highest BCUT2D eigenvalue weighted by Gasteiger charge is 2.54. The molecule has 2 aliphatic rings. The predicted octanol–water partition coefficient (Wildman–Crippen LogP) is 3.97. The molecule has 26 heavy (non-hydrogen) atoms. The van der Waals surface area contributed by atoms with Crippen molar-refractivity contribution >= 4 is 52.2 Å². The van der Waals surface area contributed by atoms with Crippen molar-refractivity contribution in [3.63, 3.8) is 0 Å². The highest BCUT2D eigenvalue weighted by molar-refractivity contribution is 6.36. The van der Waals surface area contributed by atoms with Gasteiger partial charge in [-0.15, -0.1) is 0 Å². The molecule has 0 radical (unpaired) electrons. The molecule has 1 N–H and O–H groups in total. The third-order valence-electron chi connectivity index (χ3n) is 5.06. The summed E-state index contributed by atoms with van der Waals surface area (Å²) >= 11 is 18.7. The highest BCUT2D eigenvalue weighted by atomic mass is 35.5. The van der Waals surface area contributed by atoms with Crippen molar-refractivity contribution in [3.05, 3.63) is 51.6 Å². The zero-order valence-electron chi connectivity index (χ0n) is 13.9. The first-order valence-corrected chi connectivity index (χ1v) is 9.52. The number of nitrogens with zero attached hydrogens (tertiary/aromatic N) is 3. The van der Waals surface area contributed by atoms with Gasteiger partial charge in [0.05, 0.1) is 20.8 Å². The van der Waals surface area contributed by atoms with Gasteiger partial charge in [-0.3, -0.25) is 9.69 Å². The van der Waals surface area contributed by atoms with Crippen LogP contribution in [0.25, 0.3) is 0 Å². The summed E-state index contributed by atoms with van der Waals surface area (Å²) in [6, 6.07) is 9.20. The minimum atomic E-state index is -0.652. The second-order valence-electron chi connectivity index (χ2n) is 6.49. The molecule has 4 rings (SSSR count). The van der Waals surface area contributed by atoms with Crippen LogP contribution in [0.15, 0.2) is 36.5 Å². The quantitative estimate of drug-likeness (QED) is 0.812. The number of halogens is 3. The van der Waals surface area contributed by atoms with Gasteiger partial charge in [-0.25, -0.2) is 4.98 Å².